The Morgan fingerprint density at radius 3 is 2.27 bits per heavy atom. The van der Waals surface area contributed by atoms with Gasteiger partial charge in [-0.1, -0.05) is 45.9 Å². The smallest absolute Gasteiger partial charge is 0.313 e. The van der Waals surface area contributed by atoms with Gasteiger partial charge in [-0.25, -0.2) is 0 Å². The number of carbonyl (C=O) groups is 2. The van der Waals surface area contributed by atoms with Crippen LogP contribution in [-0.4, -0.2) is 29.1 Å². The van der Waals surface area contributed by atoms with Crippen LogP contribution in [0.15, 0.2) is 24.3 Å². The summed E-state index contributed by atoms with van der Waals surface area (Å²) >= 11 is 0. The summed E-state index contributed by atoms with van der Waals surface area (Å²) in [7, 11) is 0. The third-order valence-electron chi connectivity index (χ3n) is 3.89. The molecule has 3 N–H and O–H groups in total. The third kappa shape index (κ3) is 4.84. The molecule has 0 aliphatic carbocycles. The van der Waals surface area contributed by atoms with Gasteiger partial charge < -0.3 is 15.7 Å². The van der Waals surface area contributed by atoms with E-state index in [1.165, 1.54) is 0 Å². The summed E-state index contributed by atoms with van der Waals surface area (Å²) < 4.78 is 0. The number of hydrogen-bond acceptors (Lipinski definition) is 3. The van der Waals surface area contributed by atoms with Gasteiger partial charge in [0.25, 0.3) is 0 Å². The molecular weight excluding hydrogens is 280 g/mol. The van der Waals surface area contributed by atoms with Crippen LogP contribution in [0.2, 0.25) is 0 Å². The third-order valence-corrected chi connectivity index (χ3v) is 3.89. The summed E-state index contributed by atoms with van der Waals surface area (Å²) in [4.78, 5) is 23.8. The maximum Gasteiger partial charge on any atom is 0.313 e. The Labute approximate surface area is 132 Å². The summed E-state index contributed by atoms with van der Waals surface area (Å²) in [5.74, 6) is -1.27. The maximum atomic E-state index is 12.0. The first kappa shape index (κ1) is 18.2. The minimum atomic E-state index is -1.05. The highest BCUT2D eigenvalue weighted by atomic mass is 16.3. The fourth-order valence-electron chi connectivity index (χ4n) is 1.84. The molecule has 0 aliphatic heterocycles. The lowest BCUT2D eigenvalue weighted by atomic mass is 9.92. The molecule has 0 spiro atoms. The summed E-state index contributed by atoms with van der Waals surface area (Å²) in [6.07, 6.45) is 0. The van der Waals surface area contributed by atoms with Crippen LogP contribution < -0.4 is 10.6 Å². The summed E-state index contributed by atoms with van der Waals surface area (Å²) in [6, 6.07) is 7.39. The SMILES string of the molecule is CC(C)c1ccccc1NC(=O)C(=O)NCC(C)(O)C(C)C. The van der Waals surface area contributed by atoms with E-state index in [0.29, 0.717) is 5.69 Å². The van der Waals surface area contributed by atoms with Crippen LogP contribution >= 0.6 is 0 Å². The van der Waals surface area contributed by atoms with Crippen molar-refractivity contribution in [2.45, 2.75) is 46.1 Å². The van der Waals surface area contributed by atoms with Crippen molar-refractivity contribution in [3.8, 4) is 0 Å². The summed E-state index contributed by atoms with van der Waals surface area (Å²) in [6.45, 7) is 9.40. The highest BCUT2D eigenvalue weighted by molar-refractivity contribution is 6.39. The van der Waals surface area contributed by atoms with Crippen LogP contribution in [0.3, 0.4) is 0 Å². The van der Waals surface area contributed by atoms with Crippen LogP contribution in [0.1, 0.15) is 46.1 Å². The van der Waals surface area contributed by atoms with Gasteiger partial charge in [-0.05, 0) is 30.4 Å². The molecule has 0 bridgehead atoms. The van der Waals surface area contributed by atoms with Crippen molar-refractivity contribution in [1.82, 2.24) is 5.32 Å². The summed E-state index contributed by atoms with van der Waals surface area (Å²) in [5, 5.41) is 15.2. The van der Waals surface area contributed by atoms with Gasteiger partial charge in [0.1, 0.15) is 0 Å². The van der Waals surface area contributed by atoms with Crippen molar-refractivity contribution < 1.29 is 14.7 Å². The van der Waals surface area contributed by atoms with Crippen LogP contribution in [0.5, 0.6) is 0 Å². The molecule has 0 aliphatic rings. The van der Waals surface area contributed by atoms with Crippen LogP contribution in [0, 0.1) is 5.92 Å². The molecule has 0 saturated heterocycles. The van der Waals surface area contributed by atoms with Crippen LogP contribution in [-0.2, 0) is 9.59 Å². The van der Waals surface area contributed by atoms with Gasteiger partial charge in [0.15, 0.2) is 0 Å². The van der Waals surface area contributed by atoms with Crippen molar-refractivity contribution in [2.75, 3.05) is 11.9 Å². The molecule has 1 atom stereocenters. The number of amides is 2. The molecule has 1 aromatic carbocycles. The average molecular weight is 306 g/mol. The van der Waals surface area contributed by atoms with E-state index in [9.17, 15) is 14.7 Å². The van der Waals surface area contributed by atoms with Gasteiger partial charge >= 0.3 is 11.8 Å². The molecule has 122 valence electrons. The minimum Gasteiger partial charge on any atom is -0.388 e. The van der Waals surface area contributed by atoms with E-state index in [4.69, 9.17) is 0 Å². The fourth-order valence-corrected chi connectivity index (χ4v) is 1.84. The van der Waals surface area contributed by atoms with Crippen LogP contribution in [0.25, 0.3) is 0 Å². The number of aliphatic hydroxyl groups is 1. The number of para-hydroxylation sites is 1. The fraction of sp³-hybridized carbons (Fsp3) is 0.529. The van der Waals surface area contributed by atoms with Crippen molar-refractivity contribution in [1.29, 1.82) is 0 Å². The molecule has 0 aromatic heterocycles. The quantitative estimate of drug-likeness (QED) is 0.730. The topological polar surface area (TPSA) is 78.4 Å². The molecule has 0 radical (unpaired) electrons. The molecule has 2 amide bonds. The van der Waals surface area contributed by atoms with Crippen LogP contribution in [0.4, 0.5) is 5.69 Å². The second kappa shape index (κ2) is 7.40. The molecule has 0 fully saturated rings. The van der Waals surface area contributed by atoms with E-state index in [-0.39, 0.29) is 18.4 Å². The highest BCUT2D eigenvalue weighted by Crippen LogP contribution is 2.23. The Balaban J connectivity index is 2.68. The number of rotatable bonds is 5. The molecule has 0 saturated carbocycles. The molecular formula is C17H26N2O3. The largest absolute Gasteiger partial charge is 0.388 e. The first-order chi connectivity index (χ1) is 10.1. The lowest BCUT2D eigenvalue weighted by Gasteiger charge is -2.27. The van der Waals surface area contributed by atoms with Gasteiger partial charge in [0.2, 0.25) is 0 Å². The Morgan fingerprint density at radius 2 is 1.73 bits per heavy atom. The first-order valence-corrected chi connectivity index (χ1v) is 7.55. The number of nitrogens with one attached hydrogen (secondary N) is 2. The van der Waals surface area contributed by atoms with E-state index in [1.807, 2.05) is 45.9 Å². The Kier molecular flexibility index (Phi) is 6.11. The highest BCUT2D eigenvalue weighted by Gasteiger charge is 2.26. The van der Waals surface area contributed by atoms with Gasteiger partial charge in [0, 0.05) is 12.2 Å². The molecule has 1 unspecified atom stereocenters. The maximum absolute atomic E-state index is 12.0. The molecule has 1 rings (SSSR count). The number of carbonyl (C=O) groups excluding carboxylic acids is 2. The zero-order chi connectivity index (χ0) is 16.9. The van der Waals surface area contributed by atoms with E-state index in [1.54, 1.807) is 13.0 Å². The first-order valence-electron chi connectivity index (χ1n) is 7.55. The molecule has 22 heavy (non-hydrogen) atoms. The van der Waals surface area contributed by atoms with E-state index in [2.05, 4.69) is 10.6 Å². The van der Waals surface area contributed by atoms with Crippen molar-refractivity contribution in [2.24, 2.45) is 5.92 Å². The minimum absolute atomic E-state index is 0.0301. The second-order valence-corrected chi connectivity index (χ2v) is 6.39. The molecule has 5 heteroatoms. The predicted molar refractivity (Wildman–Crippen MR) is 87.6 cm³/mol. The van der Waals surface area contributed by atoms with Crippen molar-refractivity contribution in [3.63, 3.8) is 0 Å². The van der Waals surface area contributed by atoms with Crippen molar-refractivity contribution >= 4 is 17.5 Å². The van der Waals surface area contributed by atoms with Gasteiger partial charge in [-0.15, -0.1) is 0 Å². The number of anilines is 1. The Bertz CT molecular complexity index is 536. The Morgan fingerprint density at radius 1 is 1.14 bits per heavy atom. The standard InChI is InChI=1S/C17H26N2O3/c1-11(2)13-8-6-7-9-14(13)19-16(21)15(20)18-10-17(5,22)12(3)4/h6-9,11-12,22H,10H2,1-5H3,(H,18,20)(H,19,21). The zero-order valence-electron chi connectivity index (χ0n) is 13.9. The number of hydrogen-bond donors (Lipinski definition) is 3. The molecule has 0 heterocycles. The van der Waals surface area contributed by atoms with Gasteiger partial charge in [0.05, 0.1) is 5.60 Å². The van der Waals surface area contributed by atoms with E-state index < -0.39 is 17.4 Å². The molecule has 5 nitrogen and oxygen atoms in total. The van der Waals surface area contributed by atoms with E-state index in [0.717, 1.165) is 5.56 Å². The normalized spacial score (nSPS) is 13.8. The van der Waals surface area contributed by atoms with Crippen molar-refractivity contribution in [3.05, 3.63) is 29.8 Å². The number of benzene rings is 1. The zero-order valence-corrected chi connectivity index (χ0v) is 13.9. The predicted octanol–water partition coefficient (Wildman–Crippen LogP) is 2.27. The summed E-state index contributed by atoms with van der Waals surface area (Å²) in [5.41, 5.74) is 0.553. The average Bonchev–Trinajstić information content (AvgIpc) is 2.44. The lowest BCUT2D eigenvalue weighted by molar-refractivity contribution is -0.137. The van der Waals surface area contributed by atoms with Gasteiger partial charge in [-0.3, -0.25) is 9.59 Å². The van der Waals surface area contributed by atoms with E-state index >= 15 is 0 Å². The lowest BCUT2D eigenvalue weighted by Crippen LogP contribution is -2.47. The Hall–Kier alpha value is -1.88. The van der Waals surface area contributed by atoms with Gasteiger partial charge in [-0.2, -0.15) is 0 Å². The molecule has 1 aromatic rings. The second-order valence-electron chi connectivity index (χ2n) is 6.39. The monoisotopic (exact) mass is 306 g/mol.